The van der Waals surface area contributed by atoms with Gasteiger partial charge < -0.3 is 9.31 Å². The third-order valence-electron chi connectivity index (χ3n) is 6.47. The van der Waals surface area contributed by atoms with Crippen LogP contribution in [0.15, 0.2) is 24.3 Å². The molecule has 2 aliphatic rings. The van der Waals surface area contributed by atoms with Crippen LogP contribution in [0.4, 0.5) is 0 Å². The van der Waals surface area contributed by atoms with Crippen LogP contribution >= 0.6 is 0 Å². The Bertz CT molecular complexity index is 527. The van der Waals surface area contributed by atoms with Crippen LogP contribution < -0.4 is 0 Å². The summed E-state index contributed by atoms with van der Waals surface area (Å²) in [7, 11) is -0.0839. The van der Waals surface area contributed by atoms with E-state index in [1.807, 2.05) is 0 Å². The molecule has 0 amide bonds. The van der Waals surface area contributed by atoms with Crippen molar-refractivity contribution in [2.75, 3.05) is 0 Å². The van der Waals surface area contributed by atoms with Crippen LogP contribution in [0, 0.1) is 12.8 Å². The molecule has 3 heteroatoms. The molecule has 1 aromatic carbocycles. The Morgan fingerprint density at radius 2 is 1.50 bits per heavy atom. The van der Waals surface area contributed by atoms with E-state index in [0.29, 0.717) is 5.82 Å². The van der Waals surface area contributed by atoms with Crippen LogP contribution in [0.3, 0.4) is 0 Å². The molecule has 1 aliphatic heterocycles. The lowest BCUT2D eigenvalue weighted by Crippen LogP contribution is -2.41. The van der Waals surface area contributed by atoms with Gasteiger partial charge in [-0.1, -0.05) is 61.9 Å². The minimum absolute atomic E-state index is 0.0839. The molecule has 1 saturated heterocycles. The fraction of sp³-hybridized carbons (Fsp3) is 0.714. The monoisotopic (exact) mass is 328 g/mol. The van der Waals surface area contributed by atoms with Gasteiger partial charge in [0.1, 0.15) is 0 Å². The quantitative estimate of drug-likeness (QED) is 0.672. The third kappa shape index (κ3) is 3.73. The van der Waals surface area contributed by atoms with Gasteiger partial charge in [-0.3, -0.25) is 0 Å². The Balaban J connectivity index is 1.81. The number of hydrogen-bond donors (Lipinski definition) is 0. The second kappa shape index (κ2) is 6.84. The SMILES string of the molecule is Cc1ccc(CC(B2OC(C)(C)C(C)(C)O2)C2CCCCC2)cc1. The molecular formula is C21H33BO2. The highest BCUT2D eigenvalue weighted by atomic mass is 16.7. The molecule has 132 valence electrons. The second-order valence-electron chi connectivity index (χ2n) is 8.88. The van der Waals surface area contributed by atoms with E-state index in [2.05, 4.69) is 58.9 Å². The smallest absolute Gasteiger partial charge is 0.403 e. The average Bonchev–Trinajstić information content (AvgIpc) is 2.75. The van der Waals surface area contributed by atoms with E-state index in [-0.39, 0.29) is 18.3 Å². The van der Waals surface area contributed by atoms with Crippen molar-refractivity contribution < 1.29 is 9.31 Å². The van der Waals surface area contributed by atoms with Gasteiger partial charge in [0.2, 0.25) is 0 Å². The molecule has 2 nitrogen and oxygen atoms in total. The van der Waals surface area contributed by atoms with Crippen LogP contribution in [0.5, 0.6) is 0 Å². The Hall–Kier alpha value is -0.795. The Kier molecular flexibility index (Phi) is 5.13. The molecule has 24 heavy (non-hydrogen) atoms. The van der Waals surface area contributed by atoms with Crippen LogP contribution in [-0.2, 0) is 15.7 Å². The lowest BCUT2D eigenvalue weighted by molar-refractivity contribution is 0.00578. The zero-order chi connectivity index (χ0) is 17.4. The molecular weight excluding hydrogens is 295 g/mol. The lowest BCUT2D eigenvalue weighted by atomic mass is 9.59. The van der Waals surface area contributed by atoms with Gasteiger partial charge in [-0.25, -0.2) is 0 Å². The summed E-state index contributed by atoms with van der Waals surface area (Å²) in [5.41, 5.74) is 2.25. The average molecular weight is 328 g/mol. The van der Waals surface area contributed by atoms with Crippen molar-refractivity contribution in [2.24, 2.45) is 5.92 Å². The zero-order valence-electron chi connectivity index (χ0n) is 16.1. The minimum atomic E-state index is -0.238. The Morgan fingerprint density at radius 3 is 2.04 bits per heavy atom. The topological polar surface area (TPSA) is 18.5 Å². The van der Waals surface area contributed by atoms with E-state index in [1.165, 1.54) is 43.2 Å². The molecule has 1 saturated carbocycles. The van der Waals surface area contributed by atoms with Crippen molar-refractivity contribution in [2.45, 2.75) is 90.2 Å². The van der Waals surface area contributed by atoms with Crippen molar-refractivity contribution in [3.05, 3.63) is 35.4 Å². The van der Waals surface area contributed by atoms with E-state index in [4.69, 9.17) is 9.31 Å². The highest BCUT2D eigenvalue weighted by Gasteiger charge is 2.54. The van der Waals surface area contributed by atoms with Gasteiger partial charge in [-0.15, -0.1) is 0 Å². The zero-order valence-corrected chi connectivity index (χ0v) is 16.1. The molecule has 1 aliphatic carbocycles. The molecule has 1 unspecified atom stereocenters. The Labute approximate surface area is 148 Å². The van der Waals surface area contributed by atoms with Crippen molar-refractivity contribution in [1.82, 2.24) is 0 Å². The van der Waals surface area contributed by atoms with Crippen molar-refractivity contribution in [3.8, 4) is 0 Å². The van der Waals surface area contributed by atoms with Gasteiger partial charge in [0.25, 0.3) is 0 Å². The van der Waals surface area contributed by atoms with Crippen LogP contribution in [0.2, 0.25) is 5.82 Å². The molecule has 1 heterocycles. The van der Waals surface area contributed by atoms with Gasteiger partial charge in [-0.2, -0.15) is 0 Å². The third-order valence-corrected chi connectivity index (χ3v) is 6.47. The van der Waals surface area contributed by atoms with Crippen LogP contribution in [-0.4, -0.2) is 18.3 Å². The molecule has 0 N–H and O–H groups in total. The van der Waals surface area contributed by atoms with Gasteiger partial charge in [0, 0.05) is 5.82 Å². The molecule has 0 spiro atoms. The van der Waals surface area contributed by atoms with Crippen molar-refractivity contribution >= 4 is 7.12 Å². The Morgan fingerprint density at radius 1 is 0.958 bits per heavy atom. The van der Waals surface area contributed by atoms with E-state index in [9.17, 15) is 0 Å². The molecule has 0 aromatic heterocycles. The van der Waals surface area contributed by atoms with Gasteiger partial charge in [0.05, 0.1) is 11.2 Å². The molecule has 0 radical (unpaired) electrons. The van der Waals surface area contributed by atoms with Crippen molar-refractivity contribution in [3.63, 3.8) is 0 Å². The molecule has 3 rings (SSSR count). The van der Waals surface area contributed by atoms with Crippen LogP contribution in [0.1, 0.15) is 70.9 Å². The van der Waals surface area contributed by atoms with Gasteiger partial charge >= 0.3 is 7.12 Å². The molecule has 1 aromatic rings. The van der Waals surface area contributed by atoms with Gasteiger partial charge in [-0.05, 0) is 52.5 Å². The van der Waals surface area contributed by atoms with E-state index in [1.54, 1.807) is 0 Å². The summed E-state index contributed by atoms with van der Waals surface area (Å²) >= 11 is 0. The first-order chi connectivity index (χ1) is 11.3. The first-order valence-corrected chi connectivity index (χ1v) is 9.70. The summed E-state index contributed by atoms with van der Waals surface area (Å²) < 4.78 is 12.9. The lowest BCUT2D eigenvalue weighted by Gasteiger charge is -2.32. The second-order valence-corrected chi connectivity index (χ2v) is 8.88. The molecule has 0 bridgehead atoms. The number of rotatable bonds is 4. The summed E-state index contributed by atoms with van der Waals surface area (Å²) in [4.78, 5) is 0. The molecule has 1 atom stereocenters. The maximum atomic E-state index is 6.45. The maximum absolute atomic E-state index is 6.45. The number of hydrogen-bond acceptors (Lipinski definition) is 2. The summed E-state index contributed by atoms with van der Waals surface area (Å²) in [5.74, 6) is 1.17. The predicted molar refractivity (Wildman–Crippen MR) is 101 cm³/mol. The standard InChI is InChI=1S/C21H33BO2/c1-16-11-13-17(14-12-16)15-19(18-9-7-6-8-10-18)22-23-20(2,3)21(4,5)24-22/h11-14,18-19H,6-10,15H2,1-5H3. The summed E-state index contributed by atoms with van der Waals surface area (Å²) in [5, 5.41) is 0. The molecule has 2 fully saturated rings. The fourth-order valence-corrected chi connectivity index (χ4v) is 4.11. The fourth-order valence-electron chi connectivity index (χ4n) is 4.11. The summed E-state index contributed by atoms with van der Waals surface area (Å²) in [6.07, 6.45) is 7.79. The van der Waals surface area contributed by atoms with E-state index in [0.717, 1.165) is 12.3 Å². The first kappa shape index (κ1) is 18.0. The van der Waals surface area contributed by atoms with E-state index >= 15 is 0 Å². The summed E-state index contributed by atoms with van der Waals surface area (Å²) in [6.45, 7) is 10.8. The normalized spacial score (nSPS) is 25.0. The largest absolute Gasteiger partial charge is 0.461 e. The highest BCUT2D eigenvalue weighted by molar-refractivity contribution is 6.47. The number of aryl methyl sites for hydroxylation is 1. The number of benzene rings is 1. The van der Waals surface area contributed by atoms with Crippen molar-refractivity contribution in [1.29, 1.82) is 0 Å². The maximum Gasteiger partial charge on any atom is 0.461 e. The van der Waals surface area contributed by atoms with E-state index < -0.39 is 0 Å². The van der Waals surface area contributed by atoms with Gasteiger partial charge in [0.15, 0.2) is 0 Å². The predicted octanol–water partition coefficient (Wildman–Crippen LogP) is 5.58. The summed E-state index contributed by atoms with van der Waals surface area (Å²) in [6, 6.07) is 8.99. The highest BCUT2D eigenvalue weighted by Crippen LogP contribution is 2.45. The van der Waals surface area contributed by atoms with Crippen LogP contribution in [0.25, 0.3) is 0 Å². The minimum Gasteiger partial charge on any atom is -0.403 e. The first-order valence-electron chi connectivity index (χ1n) is 9.70.